The fraction of sp³-hybridized carbons (Fsp3) is 0.211. The third-order valence-corrected chi connectivity index (χ3v) is 4.08. The quantitative estimate of drug-likeness (QED) is 0.701. The fourth-order valence-corrected chi connectivity index (χ4v) is 2.95. The average Bonchev–Trinajstić information content (AvgIpc) is 3.15. The lowest BCUT2D eigenvalue weighted by Crippen LogP contribution is -2.33. The van der Waals surface area contributed by atoms with Crippen LogP contribution < -0.4 is 4.74 Å². The van der Waals surface area contributed by atoms with Crippen molar-refractivity contribution in [1.29, 1.82) is 5.26 Å². The van der Waals surface area contributed by atoms with Gasteiger partial charge in [0, 0.05) is 5.56 Å². The Balaban J connectivity index is 2.10. The van der Waals surface area contributed by atoms with Gasteiger partial charge in [0.05, 0.1) is 19.7 Å². The molecule has 0 bridgehead atoms. The van der Waals surface area contributed by atoms with Gasteiger partial charge < -0.3 is 4.74 Å². The molecule has 120 valence electrons. The Morgan fingerprint density at radius 3 is 2.54 bits per heavy atom. The molecule has 1 unspecified atom stereocenters. The van der Waals surface area contributed by atoms with Crippen molar-refractivity contribution in [1.82, 2.24) is 14.8 Å². The van der Waals surface area contributed by atoms with E-state index in [4.69, 9.17) is 4.74 Å². The molecule has 0 aliphatic heterocycles. The van der Waals surface area contributed by atoms with Crippen LogP contribution in [0.4, 0.5) is 0 Å². The van der Waals surface area contributed by atoms with Gasteiger partial charge in [-0.05, 0) is 18.1 Å². The van der Waals surface area contributed by atoms with E-state index < -0.39 is 5.41 Å². The zero-order valence-corrected chi connectivity index (χ0v) is 13.5. The largest absolute Gasteiger partial charge is 0.496 e. The zero-order valence-electron chi connectivity index (χ0n) is 13.5. The van der Waals surface area contributed by atoms with Crippen LogP contribution in [-0.4, -0.2) is 21.9 Å². The van der Waals surface area contributed by atoms with Gasteiger partial charge in [-0.1, -0.05) is 48.5 Å². The molecule has 0 aliphatic carbocycles. The summed E-state index contributed by atoms with van der Waals surface area (Å²) in [7, 11) is 1.62. The van der Waals surface area contributed by atoms with Crippen LogP contribution in [0.2, 0.25) is 0 Å². The first kappa shape index (κ1) is 15.8. The molecule has 0 N–H and O–H groups in total. The van der Waals surface area contributed by atoms with Crippen LogP contribution in [0, 0.1) is 11.3 Å². The lowest BCUT2D eigenvalue weighted by molar-refractivity contribution is 0.374. The Labute approximate surface area is 141 Å². The van der Waals surface area contributed by atoms with Crippen molar-refractivity contribution in [3.05, 3.63) is 78.4 Å². The highest BCUT2D eigenvalue weighted by Gasteiger charge is 2.36. The summed E-state index contributed by atoms with van der Waals surface area (Å²) in [6, 6.07) is 20.2. The van der Waals surface area contributed by atoms with Gasteiger partial charge in [-0.15, -0.1) is 0 Å². The molecule has 5 heteroatoms. The van der Waals surface area contributed by atoms with E-state index in [-0.39, 0.29) is 0 Å². The van der Waals surface area contributed by atoms with Crippen LogP contribution in [0.25, 0.3) is 0 Å². The zero-order chi connectivity index (χ0) is 16.8. The Morgan fingerprint density at radius 1 is 1.12 bits per heavy atom. The lowest BCUT2D eigenvalue weighted by atomic mass is 9.76. The molecule has 0 radical (unpaired) electrons. The van der Waals surface area contributed by atoms with Gasteiger partial charge in [-0.3, -0.25) is 4.68 Å². The van der Waals surface area contributed by atoms with Gasteiger partial charge >= 0.3 is 0 Å². The molecule has 0 aliphatic rings. The predicted molar refractivity (Wildman–Crippen MR) is 90.5 cm³/mol. The summed E-state index contributed by atoms with van der Waals surface area (Å²) in [5.41, 5.74) is 1.14. The van der Waals surface area contributed by atoms with Gasteiger partial charge in [-0.25, -0.2) is 4.98 Å². The molecule has 24 heavy (non-hydrogen) atoms. The molecule has 3 rings (SSSR count). The molecule has 3 aromatic rings. The molecule has 0 spiro atoms. The Kier molecular flexibility index (Phi) is 4.57. The van der Waals surface area contributed by atoms with Gasteiger partial charge in [0.25, 0.3) is 0 Å². The highest BCUT2D eigenvalue weighted by Crippen LogP contribution is 2.36. The van der Waals surface area contributed by atoms with E-state index in [1.807, 2.05) is 54.6 Å². The highest BCUT2D eigenvalue weighted by atomic mass is 16.5. The van der Waals surface area contributed by atoms with Crippen LogP contribution in [0.1, 0.15) is 11.1 Å². The van der Waals surface area contributed by atoms with E-state index in [2.05, 4.69) is 16.2 Å². The summed E-state index contributed by atoms with van der Waals surface area (Å²) in [5.74, 6) is 0.704. The monoisotopic (exact) mass is 318 g/mol. The van der Waals surface area contributed by atoms with Crippen LogP contribution in [0.3, 0.4) is 0 Å². The van der Waals surface area contributed by atoms with Crippen molar-refractivity contribution >= 4 is 0 Å². The van der Waals surface area contributed by atoms with Crippen LogP contribution >= 0.6 is 0 Å². The molecular formula is C19H18N4O. The number of para-hydroxylation sites is 1. The summed E-state index contributed by atoms with van der Waals surface area (Å²) < 4.78 is 7.21. The van der Waals surface area contributed by atoms with Crippen molar-refractivity contribution in [2.45, 2.75) is 18.4 Å². The topological polar surface area (TPSA) is 63.7 Å². The van der Waals surface area contributed by atoms with Gasteiger partial charge in [0.2, 0.25) is 0 Å². The number of rotatable bonds is 6. The first-order valence-electron chi connectivity index (χ1n) is 7.68. The number of benzene rings is 2. The minimum absolute atomic E-state index is 0.402. The highest BCUT2D eigenvalue weighted by molar-refractivity contribution is 5.45. The third-order valence-electron chi connectivity index (χ3n) is 4.08. The number of nitriles is 1. The number of nitrogens with zero attached hydrogens (tertiary/aromatic N) is 4. The lowest BCUT2D eigenvalue weighted by Gasteiger charge is -2.28. The van der Waals surface area contributed by atoms with E-state index in [0.717, 1.165) is 11.1 Å². The molecule has 1 atom stereocenters. The van der Waals surface area contributed by atoms with Gasteiger partial charge in [0.15, 0.2) is 0 Å². The van der Waals surface area contributed by atoms with Crippen molar-refractivity contribution in [2.24, 2.45) is 0 Å². The van der Waals surface area contributed by atoms with Crippen molar-refractivity contribution in [3.63, 3.8) is 0 Å². The average molecular weight is 318 g/mol. The molecule has 1 aromatic heterocycles. The van der Waals surface area contributed by atoms with E-state index in [9.17, 15) is 5.26 Å². The van der Waals surface area contributed by atoms with Crippen molar-refractivity contribution in [2.75, 3.05) is 7.11 Å². The van der Waals surface area contributed by atoms with Gasteiger partial charge in [-0.2, -0.15) is 10.4 Å². The first-order valence-corrected chi connectivity index (χ1v) is 7.68. The Morgan fingerprint density at radius 2 is 1.88 bits per heavy atom. The maximum atomic E-state index is 10.1. The Bertz CT molecular complexity index is 824. The summed E-state index contributed by atoms with van der Waals surface area (Å²) in [6.45, 7) is 0.402. The number of ether oxygens (including phenoxy) is 1. The second-order valence-corrected chi connectivity index (χ2v) is 5.65. The second kappa shape index (κ2) is 6.97. The van der Waals surface area contributed by atoms with E-state index in [1.165, 1.54) is 6.33 Å². The van der Waals surface area contributed by atoms with Gasteiger partial charge in [0.1, 0.15) is 23.8 Å². The van der Waals surface area contributed by atoms with Crippen molar-refractivity contribution < 1.29 is 4.74 Å². The van der Waals surface area contributed by atoms with Crippen LogP contribution in [0.15, 0.2) is 67.3 Å². The predicted octanol–water partition coefficient (Wildman–Crippen LogP) is 2.99. The number of methoxy groups -OCH3 is 1. The number of aromatic nitrogens is 3. The van der Waals surface area contributed by atoms with Crippen molar-refractivity contribution in [3.8, 4) is 11.8 Å². The molecule has 0 saturated carbocycles. The molecule has 0 fully saturated rings. The SMILES string of the molecule is COc1ccccc1C(C#N)(Cc1ccccc1)Cn1cncn1. The standard InChI is InChI=1S/C19H18N4O/c1-24-18-10-6-5-9-17(18)19(12-20,13-23-15-21-14-22-23)11-16-7-3-2-4-8-16/h2-10,14-15H,11,13H2,1H3. The molecular weight excluding hydrogens is 300 g/mol. The maximum Gasteiger partial charge on any atom is 0.137 e. The molecule has 0 amide bonds. The molecule has 0 saturated heterocycles. The number of hydrogen-bond acceptors (Lipinski definition) is 4. The normalized spacial score (nSPS) is 13.0. The molecule has 5 nitrogen and oxygen atoms in total. The summed E-state index contributed by atoms with van der Waals surface area (Å²) in [4.78, 5) is 4.00. The molecule has 2 aromatic carbocycles. The fourth-order valence-electron chi connectivity index (χ4n) is 2.95. The van der Waals surface area contributed by atoms with Crippen LogP contribution in [0.5, 0.6) is 5.75 Å². The molecule has 1 heterocycles. The summed E-state index contributed by atoms with van der Waals surface area (Å²) in [5, 5.41) is 14.3. The maximum absolute atomic E-state index is 10.1. The minimum Gasteiger partial charge on any atom is -0.496 e. The third kappa shape index (κ3) is 3.13. The smallest absolute Gasteiger partial charge is 0.137 e. The first-order chi connectivity index (χ1) is 11.8. The van der Waals surface area contributed by atoms with E-state index in [1.54, 1.807) is 18.1 Å². The minimum atomic E-state index is -0.804. The summed E-state index contributed by atoms with van der Waals surface area (Å²) in [6.07, 6.45) is 3.67. The van der Waals surface area contributed by atoms with E-state index in [0.29, 0.717) is 18.7 Å². The summed E-state index contributed by atoms with van der Waals surface area (Å²) >= 11 is 0. The van der Waals surface area contributed by atoms with Crippen LogP contribution in [-0.2, 0) is 18.4 Å². The number of hydrogen-bond donors (Lipinski definition) is 0. The second-order valence-electron chi connectivity index (χ2n) is 5.65. The Hall–Kier alpha value is -3.13. The van der Waals surface area contributed by atoms with E-state index >= 15 is 0 Å².